The van der Waals surface area contributed by atoms with Gasteiger partial charge in [0.25, 0.3) is 0 Å². The summed E-state index contributed by atoms with van der Waals surface area (Å²) in [5, 5.41) is 0.122. The predicted molar refractivity (Wildman–Crippen MR) is 90.1 cm³/mol. The van der Waals surface area contributed by atoms with Crippen molar-refractivity contribution >= 4 is 17.7 Å². The highest BCUT2D eigenvalue weighted by molar-refractivity contribution is 6.32. The Balaban J connectivity index is 1.86. The van der Waals surface area contributed by atoms with Crippen molar-refractivity contribution in [1.29, 1.82) is 0 Å². The maximum Gasteiger partial charge on any atom is 0.410 e. The Morgan fingerprint density at radius 3 is 2.62 bits per heavy atom. The minimum absolute atomic E-state index is 0.122. The summed E-state index contributed by atoms with van der Waals surface area (Å²) in [4.78, 5) is 17.8. The summed E-state index contributed by atoms with van der Waals surface area (Å²) in [5.41, 5.74) is 2.36. The molecular formula is C18H18ClFN2O2. The van der Waals surface area contributed by atoms with Crippen molar-refractivity contribution < 1.29 is 13.9 Å². The largest absolute Gasteiger partial charge is 0.444 e. The van der Waals surface area contributed by atoms with E-state index in [4.69, 9.17) is 16.3 Å². The van der Waals surface area contributed by atoms with Crippen molar-refractivity contribution in [3.05, 3.63) is 52.6 Å². The average molecular weight is 349 g/mol. The number of nitrogens with zero attached hydrogens (tertiary/aromatic N) is 2. The fraction of sp³-hybridized carbons (Fsp3) is 0.333. The molecule has 1 amide bonds. The first kappa shape index (κ1) is 16.7. The van der Waals surface area contributed by atoms with Crippen molar-refractivity contribution in [1.82, 2.24) is 9.88 Å². The zero-order valence-electron chi connectivity index (χ0n) is 13.8. The van der Waals surface area contributed by atoms with E-state index in [2.05, 4.69) is 4.98 Å². The van der Waals surface area contributed by atoms with E-state index in [-0.39, 0.29) is 16.8 Å². The molecular weight excluding hydrogens is 331 g/mol. The second kappa shape index (κ2) is 6.06. The van der Waals surface area contributed by atoms with E-state index in [1.54, 1.807) is 11.0 Å². The first-order chi connectivity index (χ1) is 11.2. The molecule has 0 unspecified atom stereocenters. The van der Waals surface area contributed by atoms with Crippen LogP contribution in [0.25, 0.3) is 11.1 Å². The lowest BCUT2D eigenvalue weighted by atomic mass is 10.0. The number of fused-ring (bicyclic) bond motifs is 1. The number of carbonyl (C=O) groups excluding carboxylic acids is 1. The average Bonchev–Trinajstić information content (AvgIpc) is 2.88. The second-order valence-corrected chi connectivity index (χ2v) is 7.14. The zero-order chi connectivity index (χ0) is 17.5. The second-order valence-electron chi connectivity index (χ2n) is 6.78. The maximum atomic E-state index is 14.1. The predicted octanol–water partition coefficient (Wildman–Crippen LogP) is 4.79. The molecule has 0 fully saturated rings. The molecule has 1 aliphatic rings. The fourth-order valence-corrected chi connectivity index (χ4v) is 2.93. The van der Waals surface area contributed by atoms with Gasteiger partial charge in [0.05, 0.1) is 5.56 Å². The van der Waals surface area contributed by atoms with Crippen molar-refractivity contribution in [3.63, 3.8) is 0 Å². The fourth-order valence-electron chi connectivity index (χ4n) is 2.68. The van der Waals surface area contributed by atoms with E-state index in [9.17, 15) is 9.18 Å². The molecule has 1 aliphatic heterocycles. The van der Waals surface area contributed by atoms with Crippen LogP contribution in [0.15, 0.2) is 30.5 Å². The van der Waals surface area contributed by atoms with Crippen LogP contribution in [0.5, 0.6) is 0 Å². The number of benzene rings is 1. The topological polar surface area (TPSA) is 42.4 Å². The van der Waals surface area contributed by atoms with Crippen LogP contribution in [0.3, 0.4) is 0 Å². The van der Waals surface area contributed by atoms with Gasteiger partial charge < -0.3 is 4.74 Å². The van der Waals surface area contributed by atoms with Gasteiger partial charge in [-0.05, 0) is 49.6 Å². The van der Waals surface area contributed by atoms with Crippen molar-refractivity contribution in [2.75, 3.05) is 0 Å². The molecule has 0 N–H and O–H groups in total. The van der Waals surface area contributed by atoms with Gasteiger partial charge in [-0.25, -0.2) is 14.2 Å². The number of hydrogen-bond donors (Lipinski definition) is 0. The Bertz CT molecular complexity index is 782. The molecule has 4 nitrogen and oxygen atoms in total. The van der Waals surface area contributed by atoms with Gasteiger partial charge in [-0.1, -0.05) is 23.7 Å². The molecule has 0 saturated carbocycles. The molecule has 0 aliphatic carbocycles. The Morgan fingerprint density at radius 2 is 1.96 bits per heavy atom. The first-order valence-corrected chi connectivity index (χ1v) is 8.02. The molecule has 6 heteroatoms. The molecule has 3 rings (SSSR count). The van der Waals surface area contributed by atoms with Crippen LogP contribution in [-0.2, 0) is 17.8 Å². The van der Waals surface area contributed by atoms with Gasteiger partial charge in [0.1, 0.15) is 16.6 Å². The number of rotatable bonds is 1. The number of aromatic nitrogens is 1. The SMILES string of the molecule is CC(C)(C)OC(=O)N1Cc2ccc(-c3c(F)ccnc3Cl)cc2C1. The van der Waals surface area contributed by atoms with Crippen LogP contribution < -0.4 is 0 Å². The van der Waals surface area contributed by atoms with Gasteiger partial charge in [-0.15, -0.1) is 0 Å². The summed E-state index contributed by atoms with van der Waals surface area (Å²) in [7, 11) is 0. The van der Waals surface area contributed by atoms with Crippen molar-refractivity contribution in [2.24, 2.45) is 0 Å². The van der Waals surface area contributed by atoms with E-state index < -0.39 is 11.4 Å². The summed E-state index contributed by atoms with van der Waals surface area (Å²) in [6.07, 6.45) is 0.976. The third kappa shape index (κ3) is 3.36. The van der Waals surface area contributed by atoms with Crippen molar-refractivity contribution in [2.45, 2.75) is 39.5 Å². The molecule has 0 spiro atoms. The molecule has 1 aromatic carbocycles. The van der Waals surface area contributed by atoms with E-state index in [1.807, 2.05) is 32.9 Å². The Kier molecular flexibility index (Phi) is 4.22. The van der Waals surface area contributed by atoms with Gasteiger partial charge in [-0.2, -0.15) is 0 Å². The van der Waals surface area contributed by atoms with Crippen LogP contribution in [0.1, 0.15) is 31.9 Å². The molecule has 0 radical (unpaired) electrons. The quantitative estimate of drug-likeness (QED) is 0.696. The summed E-state index contributed by atoms with van der Waals surface area (Å²) in [6, 6.07) is 6.81. The normalized spacial score (nSPS) is 13.8. The highest BCUT2D eigenvalue weighted by atomic mass is 35.5. The van der Waals surface area contributed by atoms with Crippen LogP contribution in [0, 0.1) is 5.82 Å². The Hall–Kier alpha value is -2.14. The standard InChI is InChI=1S/C18H18ClFN2O2/c1-18(2,3)24-17(23)22-9-12-5-4-11(8-13(12)10-22)15-14(20)6-7-21-16(15)19/h4-8H,9-10H2,1-3H3. The molecule has 126 valence electrons. The van der Waals surface area contributed by atoms with E-state index in [1.165, 1.54) is 12.3 Å². The molecule has 0 bridgehead atoms. The maximum absolute atomic E-state index is 14.1. The van der Waals surface area contributed by atoms with Crippen molar-refractivity contribution in [3.8, 4) is 11.1 Å². The third-order valence-electron chi connectivity index (χ3n) is 3.72. The van der Waals surface area contributed by atoms with Gasteiger partial charge >= 0.3 is 6.09 Å². The number of halogens is 2. The minimum atomic E-state index is -0.538. The number of carbonyl (C=O) groups is 1. The molecule has 0 saturated heterocycles. The zero-order valence-corrected chi connectivity index (χ0v) is 14.5. The summed E-state index contributed by atoms with van der Waals surface area (Å²) >= 11 is 6.03. The molecule has 2 aromatic rings. The van der Waals surface area contributed by atoms with E-state index in [0.29, 0.717) is 18.7 Å². The first-order valence-electron chi connectivity index (χ1n) is 7.65. The molecule has 24 heavy (non-hydrogen) atoms. The lowest BCUT2D eigenvalue weighted by Gasteiger charge is -2.24. The highest BCUT2D eigenvalue weighted by Crippen LogP contribution is 2.33. The van der Waals surface area contributed by atoms with Gasteiger partial charge in [0.2, 0.25) is 0 Å². The number of ether oxygens (including phenoxy) is 1. The number of pyridine rings is 1. The third-order valence-corrected chi connectivity index (χ3v) is 4.01. The minimum Gasteiger partial charge on any atom is -0.444 e. The molecule has 2 heterocycles. The lowest BCUT2D eigenvalue weighted by molar-refractivity contribution is 0.0242. The highest BCUT2D eigenvalue weighted by Gasteiger charge is 2.28. The van der Waals surface area contributed by atoms with Crippen LogP contribution in [-0.4, -0.2) is 21.6 Å². The monoisotopic (exact) mass is 348 g/mol. The summed E-state index contributed by atoms with van der Waals surface area (Å²) in [6.45, 7) is 6.41. The van der Waals surface area contributed by atoms with Crippen LogP contribution in [0.2, 0.25) is 5.15 Å². The number of amides is 1. The van der Waals surface area contributed by atoms with Gasteiger partial charge in [0.15, 0.2) is 0 Å². The van der Waals surface area contributed by atoms with Crippen LogP contribution >= 0.6 is 11.6 Å². The Morgan fingerprint density at radius 1 is 1.25 bits per heavy atom. The van der Waals surface area contributed by atoms with Gasteiger partial charge in [0, 0.05) is 19.3 Å². The van der Waals surface area contributed by atoms with Gasteiger partial charge in [-0.3, -0.25) is 4.90 Å². The van der Waals surface area contributed by atoms with E-state index >= 15 is 0 Å². The summed E-state index contributed by atoms with van der Waals surface area (Å²) in [5.74, 6) is -0.419. The molecule has 0 atom stereocenters. The molecule has 1 aromatic heterocycles. The number of hydrogen-bond acceptors (Lipinski definition) is 3. The lowest BCUT2D eigenvalue weighted by Crippen LogP contribution is -2.33. The van der Waals surface area contributed by atoms with E-state index in [0.717, 1.165) is 11.1 Å². The summed E-state index contributed by atoms with van der Waals surface area (Å²) < 4.78 is 19.5. The van der Waals surface area contributed by atoms with Crippen LogP contribution in [0.4, 0.5) is 9.18 Å². The smallest absolute Gasteiger partial charge is 0.410 e. The Labute approximate surface area is 145 Å².